The van der Waals surface area contributed by atoms with Gasteiger partial charge in [0.2, 0.25) is 5.91 Å². The fraction of sp³-hybridized carbons (Fsp3) is 0.206. The van der Waals surface area contributed by atoms with Gasteiger partial charge in [-0.05, 0) is 77.6 Å². The number of hydrogen-bond acceptors (Lipinski definition) is 5. The Labute approximate surface area is 255 Å². The Bertz CT molecular complexity index is 1650. The molecule has 0 spiro atoms. The number of benzene rings is 4. The summed E-state index contributed by atoms with van der Waals surface area (Å²) in [5.74, 6) is -0.298. The number of ether oxygens (including phenoxy) is 1. The first-order valence-electron chi connectivity index (χ1n) is 13.6. The summed E-state index contributed by atoms with van der Waals surface area (Å²) in [6.07, 6.45) is 1.37. The third-order valence-electron chi connectivity index (χ3n) is 7.49. The summed E-state index contributed by atoms with van der Waals surface area (Å²) in [7, 11) is 0. The Hall–Kier alpha value is -4.17. The molecule has 0 radical (unpaired) electrons. The van der Waals surface area contributed by atoms with Crippen molar-refractivity contribution >= 4 is 34.8 Å². The molecule has 0 bridgehead atoms. The molecule has 1 heterocycles. The number of amides is 1. The van der Waals surface area contributed by atoms with Gasteiger partial charge in [-0.25, -0.2) is 0 Å². The van der Waals surface area contributed by atoms with E-state index in [0.717, 1.165) is 41.9 Å². The number of anilines is 1. The lowest BCUT2D eigenvalue weighted by Crippen LogP contribution is -2.45. The number of piperidine rings is 1. The second-order valence-electron chi connectivity index (χ2n) is 10.3. The molecule has 1 N–H and O–H groups in total. The zero-order valence-corrected chi connectivity index (χ0v) is 24.3. The van der Waals surface area contributed by atoms with Gasteiger partial charge in [-0.3, -0.25) is 9.69 Å². The van der Waals surface area contributed by atoms with Crippen LogP contribution < -0.4 is 5.32 Å². The van der Waals surface area contributed by atoms with Gasteiger partial charge in [0, 0.05) is 35.4 Å². The topological polar surface area (TPSA) is 89.2 Å². The van der Waals surface area contributed by atoms with Gasteiger partial charge in [0.05, 0.1) is 28.9 Å². The summed E-state index contributed by atoms with van der Waals surface area (Å²) >= 11 is 12.2. The Morgan fingerprint density at radius 3 is 2.14 bits per heavy atom. The van der Waals surface area contributed by atoms with Crippen LogP contribution in [0.5, 0.6) is 0 Å². The Balaban J connectivity index is 1.34. The number of hydrogen-bond donors (Lipinski definition) is 1. The summed E-state index contributed by atoms with van der Waals surface area (Å²) in [4.78, 5) is 15.3. The van der Waals surface area contributed by atoms with Crippen LogP contribution in [0.4, 0.5) is 5.69 Å². The van der Waals surface area contributed by atoms with Crippen molar-refractivity contribution in [3.63, 3.8) is 0 Å². The van der Waals surface area contributed by atoms with Crippen LogP contribution in [0.25, 0.3) is 11.1 Å². The van der Waals surface area contributed by atoms with E-state index >= 15 is 0 Å². The molecule has 1 fully saturated rings. The van der Waals surface area contributed by atoms with Crippen molar-refractivity contribution in [1.29, 1.82) is 10.5 Å². The van der Waals surface area contributed by atoms with E-state index in [2.05, 4.69) is 34.5 Å². The molecule has 6 nitrogen and oxygen atoms in total. The Kier molecular flexibility index (Phi) is 9.22. The van der Waals surface area contributed by atoms with Crippen LogP contribution in [0.15, 0.2) is 91.0 Å². The minimum Gasteiger partial charge on any atom is -0.360 e. The van der Waals surface area contributed by atoms with Crippen LogP contribution in [0, 0.1) is 22.7 Å². The molecule has 210 valence electrons. The maximum Gasteiger partial charge on any atom is 0.250 e. The normalized spacial score (nSPS) is 14.5. The predicted octanol–water partition coefficient (Wildman–Crippen LogP) is 7.55. The maximum atomic E-state index is 12.9. The molecule has 1 aliphatic heterocycles. The molecule has 0 unspecified atom stereocenters. The van der Waals surface area contributed by atoms with Gasteiger partial charge in [-0.2, -0.15) is 10.5 Å². The third kappa shape index (κ3) is 7.18. The Morgan fingerprint density at radius 2 is 1.48 bits per heavy atom. The summed E-state index contributed by atoms with van der Waals surface area (Å²) in [6.45, 7) is 2.11. The van der Waals surface area contributed by atoms with Crippen LogP contribution in [-0.2, 0) is 21.7 Å². The minimum absolute atomic E-state index is 0.139. The number of halogens is 2. The summed E-state index contributed by atoms with van der Waals surface area (Å²) < 4.78 is 6.48. The van der Waals surface area contributed by atoms with E-state index in [1.807, 2.05) is 48.5 Å². The standard InChI is InChI=1S/C34H28Cl2N4O2/c35-30-17-31(36)19-32(18-30)39-33(41)23-42-34(11-13-40(14-12-34)22-26-5-1-3-24(15-26)20-37)29-9-7-27(8-10-29)28-6-2-4-25(16-28)21-38/h1-10,15-19H,11-14,22-23H2,(H,39,41). The van der Waals surface area contributed by atoms with Crippen molar-refractivity contribution in [3.8, 4) is 23.3 Å². The average Bonchev–Trinajstić information content (AvgIpc) is 3.00. The van der Waals surface area contributed by atoms with E-state index in [-0.39, 0.29) is 12.5 Å². The quantitative estimate of drug-likeness (QED) is 0.227. The molecular weight excluding hydrogens is 567 g/mol. The first-order valence-corrected chi connectivity index (χ1v) is 14.3. The summed E-state index contributed by atoms with van der Waals surface area (Å²) in [6, 6.07) is 32.6. The number of carbonyl (C=O) groups is 1. The maximum absolute atomic E-state index is 12.9. The molecule has 0 aliphatic carbocycles. The summed E-state index contributed by atoms with van der Waals surface area (Å²) in [5.41, 5.74) is 5.14. The van der Waals surface area contributed by atoms with Gasteiger partial charge in [0.15, 0.2) is 0 Å². The first kappa shape index (κ1) is 29.3. The molecule has 0 saturated carbocycles. The number of nitrogens with zero attached hydrogens (tertiary/aromatic N) is 3. The number of nitriles is 2. The number of nitrogens with one attached hydrogen (secondary N) is 1. The fourth-order valence-electron chi connectivity index (χ4n) is 5.35. The number of rotatable bonds is 8. The molecular formula is C34H28Cl2N4O2. The predicted molar refractivity (Wildman–Crippen MR) is 165 cm³/mol. The van der Waals surface area contributed by atoms with Crippen LogP contribution >= 0.6 is 23.2 Å². The van der Waals surface area contributed by atoms with Crippen molar-refractivity contribution in [2.24, 2.45) is 0 Å². The van der Waals surface area contributed by atoms with E-state index in [0.29, 0.717) is 39.7 Å². The van der Waals surface area contributed by atoms with Crippen LogP contribution in [-0.4, -0.2) is 30.5 Å². The van der Waals surface area contributed by atoms with Crippen LogP contribution in [0.3, 0.4) is 0 Å². The van der Waals surface area contributed by atoms with E-state index in [4.69, 9.17) is 27.9 Å². The van der Waals surface area contributed by atoms with Crippen molar-refractivity contribution in [1.82, 2.24) is 4.90 Å². The minimum atomic E-state index is -0.665. The van der Waals surface area contributed by atoms with Gasteiger partial charge < -0.3 is 10.1 Å². The SMILES string of the molecule is N#Cc1cccc(CN2CCC(OCC(=O)Nc3cc(Cl)cc(Cl)c3)(c3ccc(-c4cccc(C#N)c4)cc3)CC2)c1. The second-order valence-corrected chi connectivity index (χ2v) is 11.2. The lowest BCUT2D eigenvalue weighted by Gasteiger charge is -2.42. The fourth-order valence-corrected chi connectivity index (χ4v) is 5.87. The highest BCUT2D eigenvalue weighted by atomic mass is 35.5. The van der Waals surface area contributed by atoms with E-state index in [1.165, 1.54) is 0 Å². The van der Waals surface area contributed by atoms with Gasteiger partial charge in [0.25, 0.3) is 0 Å². The molecule has 0 aromatic heterocycles. The van der Waals surface area contributed by atoms with Crippen molar-refractivity contribution < 1.29 is 9.53 Å². The molecule has 4 aromatic carbocycles. The van der Waals surface area contributed by atoms with E-state index in [9.17, 15) is 15.3 Å². The highest BCUT2D eigenvalue weighted by Crippen LogP contribution is 2.38. The van der Waals surface area contributed by atoms with Crippen molar-refractivity contribution in [2.45, 2.75) is 25.0 Å². The highest BCUT2D eigenvalue weighted by Gasteiger charge is 2.38. The number of carbonyl (C=O) groups excluding carboxylic acids is 1. The van der Waals surface area contributed by atoms with Crippen LogP contribution in [0.2, 0.25) is 10.0 Å². The zero-order valence-electron chi connectivity index (χ0n) is 22.8. The van der Waals surface area contributed by atoms with Crippen molar-refractivity contribution in [2.75, 3.05) is 25.0 Å². The Morgan fingerprint density at radius 1 is 0.833 bits per heavy atom. The monoisotopic (exact) mass is 594 g/mol. The largest absolute Gasteiger partial charge is 0.360 e. The molecule has 1 aliphatic rings. The average molecular weight is 596 g/mol. The highest BCUT2D eigenvalue weighted by molar-refractivity contribution is 6.35. The lowest BCUT2D eigenvalue weighted by molar-refractivity contribution is -0.135. The first-order chi connectivity index (χ1) is 20.4. The zero-order chi connectivity index (χ0) is 29.5. The molecule has 1 amide bonds. The third-order valence-corrected chi connectivity index (χ3v) is 7.92. The van der Waals surface area contributed by atoms with Crippen molar-refractivity contribution in [3.05, 3.63) is 123 Å². The molecule has 42 heavy (non-hydrogen) atoms. The number of likely N-dealkylation sites (tertiary alicyclic amines) is 1. The molecule has 1 saturated heterocycles. The van der Waals surface area contributed by atoms with Gasteiger partial charge in [-0.1, -0.05) is 71.7 Å². The van der Waals surface area contributed by atoms with Crippen LogP contribution in [0.1, 0.15) is 35.1 Å². The molecule has 0 atom stereocenters. The second kappa shape index (κ2) is 13.2. The summed E-state index contributed by atoms with van der Waals surface area (Å²) in [5, 5.41) is 22.3. The smallest absolute Gasteiger partial charge is 0.250 e. The molecule has 5 rings (SSSR count). The van der Waals surface area contributed by atoms with Gasteiger partial charge in [-0.15, -0.1) is 0 Å². The van der Waals surface area contributed by atoms with E-state index in [1.54, 1.807) is 30.3 Å². The van der Waals surface area contributed by atoms with Gasteiger partial charge >= 0.3 is 0 Å². The van der Waals surface area contributed by atoms with E-state index < -0.39 is 5.60 Å². The lowest BCUT2D eigenvalue weighted by atomic mass is 9.83. The van der Waals surface area contributed by atoms with Gasteiger partial charge in [0.1, 0.15) is 6.61 Å². The molecule has 8 heteroatoms. The molecule has 4 aromatic rings.